The van der Waals surface area contributed by atoms with Crippen molar-refractivity contribution < 1.29 is 14.3 Å². The van der Waals surface area contributed by atoms with E-state index < -0.39 is 23.9 Å². The van der Waals surface area contributed by atoms with Gasteiger partial charge in [-0.15, -0.1) is 0 Å². The Morgan fingerprint density at radius 2 is 2.15 bits per heavy atom. The lowest BCUT2D eigenvalue weighted by atomic mass is 10.1. The first-order valence-electron chi connectivity index (χ1n) is 6.33. The first-order chi connectivity index (χ1) is 9.66. The maximum absolute atomic E-state index is 13.5. The lowest BCUT2D eigenvalue weighted by molar-refractivity contribution is 0.0854. The summed E-state index contributed by atoms with van der Waals surface area (Å²) in [5, 5.41) is 12.7. The van der Waals surface area contributed by atoms with Gasteiger partial charge in [0.1, 0.15) is 0 Å². The molecule has 0 fully saturated rings. The zero-order valence-electron chi connectivity index (χ0n) is 10.6. The van der Waals surface area contributed by atoms with Gasteiger partial charge in [-0.05, 0) is 17.2 Å². The summed E-state index contributed by atoms with van der Waals surface area (Å²) in [7, 11) is 0. The zero-order valence-corrected chi connectivity index (χ0v) is 10.6. The monoisotopic (exact) mass is 272 g/mol. The summed E-state index contributed by atoms with van der Waals surface area (Å²) in [6.45, 7) is 0. The van der Waals surface area contributed by atoms with E-state index in [-0.39, 0.29) is 5.56 Å². The molecule has 0 unspecified atom stereocenters. The molecule has 1 amide bonds. The van der Waals surface area contributed by atoms with E-state index in [2.05, 4.69) is 10.3 Å². The summed E-state index contributed by atoms with van der Waals surface area (Å²) in [5.74, 6) is -1.23. The summed E-state index contributed by atoms with van der Waals surface area (Å²) < 4.78 is 13.5. The van der Waals surface area contributed by atoms with Gasteiger partial charge in [0.25, 0.3) is 5.91 Å². The van der Waals surface area contributed by atoms with Crippen LogP contribution in [0, 0.1) is 5.82 Å². The van der Waals surface area contributed by atoms with Crippen molar-refractivity contribution in [1.82, 2.24) is 10.3 Å². The van der Waals surface area contributed by atoms with Gasteiger partial charge in [-0.25, -0.2) is 4.39 Å². The molecular formula is C15H13FN2O2. The van der Waals surface area contributed by atoms with Crippen LogP contribution in [0.15, 0.2) is 42.7 Å². The van der Waals surface area contributed by atoms with Gasteiger partial charge in [0, 0.05) is 12.6 Å². The highest BCUT2D eigenvalue weighted by molar-refractivity contribution is 5.94. The second-order valence-corrected chi connectivity index (χ2v) is 4.78. The molecule has 2 N–H and O–H groups in total. The Bertz CT molecular complexity index is 660. The Balaban J connectivity index is 1.85. The van der Waals surface area contributed by atoms with E-state index in [0.29, 0.717) is 6.42 Å². The van der Waals surface area contributed by atoms with Crippen LogP contribution in [0.4, 0.5) is 4.39 Å². The normalized spacial score (nSPS) is 20.5. The molecule has 1 heterocycles. The molecule has 0 saturated heterocycles. The van der Waals surface area contributed by atoms with E-state index in [4.69, 9.17) is 0 Å². The molecule has 0 saturated carbocycles. The number of hydrogen-bond donors (Lipinski definition) is 2. The standard InChI is InChI=1S/C15H13FN2O2/c16-12-8-17-6-5-11(12)15(20)18-14-10-4-2-1-3-9(10)7-13(14)19/h1-6,8,13-14,19H,7H2,(H,18,20)/t13-,14+/m0/s1. The molecule has 0 bridgehead atoms. The maximum atomic E-state index is 13.5. The van der Waals surface area contributed by atoms with Crippen LogP contribution < -0.4 is 5.32 Å². The third-order valence-electron chi connectivity index (χ3n) is 3.51. The Morgan fingerprint density at radius 3 is 2.95 bits per heavy atom. The minimum Gasteiger partial charge on any atom is -0.390 e. The number of pyridine rings is 1. The van der Waals surface area contributed by atoms with Gasteiger partial charge in [0.2, 0.25) is 0 Å². The fraction of sp³-hybridized carbons (Fsp3) is 0.200. The molecule has 1 aliphatic carbocycles. The van der Waals surface area contributed by atoms with Crippen LogP contribution >= 0.6 is 0 Å². The Labute approximate surface area is 115 Å². The second kappa shape index (κ2) is 5.02. The molecule has 0 spiro atoms. The summed E-state index contributed by atoms with van der Waals surface area (Å²) in [6, 6.07) is 8.32. The number of nitrogens with zero attached hydrogens (tertiary/aromatic N) is 1. The Kier molecular flexibility index (Phi) is 3.20. The highest BCUT2D eigenvalue weighted by Crippen LogP contribution is 2.31. The van der Waals surface area contributed by atoms with Crippen LogP contribution in [-0.4, -0.2) is 22.1 Å². The molecule has 102 valence electrons. The predicted molar refractivity (Wildman–Crippen MR) is 70.6 cm³/mol. The van der Waals surface area contributed by atoms with Crippen LogP contribution in [0.1, 0.15) is 27.5 Å². The van der Waals surface area contributed by atoms with Crippen LogP contribution in [0.2, 0.25) is 0 Å². The van der Waals surface area contributed by atoms with Crippen molar-refractivity contribution in [3.05, 3.63) is 65.2 Å². The SMILES string of the molecule is O=C(N[C@@H]1c2ccccc2C[C@@H]1O)c1ccncc1F. The minimum absolute atomic E-state index is 0.0726. The molecular weight excluding hydrogens is 259 g/mol. The number of aromatic nitrogens is 1. The summed E-state index contributed by atoms with van der Waals surface area (Å²) in [5.41, 5.74) is 1.81. The minimum atomic E-state index is -0.693. The number of nitrogens with one attached hydrogen (secondary N) is 1. The van der Waals surface area contributed by atoms with Crippen LogP contribution in [0.25, 0.3) is 0 Å². The number of carbonyl (C=O) groups excluding carboxylic acids is 1. The molecule has 2 aromatic rings. The van der Waals surface area contributed by atoms with Crippen LogP contribution in [0.3, 0.4) is 0 Å². The predicted octanol–water partition coefficient (Wildman–Crippen LogP) is 1.61. The molecule has 20 heavy (non-hydrogen) atoms. The average Bonchev–Trinajstić information content (AvgIpc) is 2.76. The molecule has 0 aliphatic heterocycles. The number of amides is 1. The number of carbonyl (C=O) groups is 1. The number of fused-ring (bicyclic) bond motifs is 1. The highest BCUT2D eigenvalue weighted by Gasteiger charge is 2.32. The van der Waals surface area contributed by atoms with E-state index in [9.17, 15) is 14.3 Å². The van der Waals surface area contributed by atoms with Crippen LogP contribution in [-0.2, 0) is 6.42 Å². The van der Waals surface area contributed by atoms with Gasteiger partial charge in [-0.3, -0.25) is 9.78 Å². The second-order valence-electron chi connectivity index (χ2n) is 4.78. The largest absolute Gasteiger partial charge is 0.390 e. The molecule has 4 nitrogen and oxygen atoms in total. The highest BCUT2D eigenvalue weighted by atomic mass is 19.1. The lowest BCUT2D eigenvalue weighted by Crippen LogP contribution is -2.34. The van der Waals surface area contributed by atoms with Gasteiger partial charge >= 0.3 is 0 Å². The first-order valence-corrected chi connectivity index (χ1v) is 6.33. The third kappa shape index (κ3) is 2.16. The fourth-order valence-corrected chi connectivity index (χ4v) is 2.53. The van der Waals surface area contributed by atoms with E-state index in [0.717, 1.165) is 17.3 Å². The third-order valence-corrected chi connectivity index (χ3v) is 3.51. The maximum Gasteiger partial charge on any atom is 0.254 e. The van der Waals surface area contributed by atoms with Crippen molar-refractivity contribution in [2.24, 2.45) is 0 Å². The van der Waals surface area contributed by atoms with Crippen molar-refractivity contribution in [2.75, 3.05) is 0 Å². The van der Waals surface area contributed by atoms with Crippen LogP contribution in [0.5, 0.6) is 0 Å². The van der Waals surface area contributed by atoms with Crippen molar-refractivity contribution in [3.8, 4) is 0 Å². The molecule has 1 aliphatic rings. The summed E-state index contributed by atoms with van der Waals surface area (Å²) in [4.78, 5) is 15.7. The van der Waals surface area contributed by atoms with Crippen molar-refractivity contribution >= 4 is 5.91 Å². The number of hydrogen-bond acceptors (Lipinski definition) is 3. The topological polar surface area (TPSA) is 62.2 Å². The van der Waals surface area contributed by atoms with Gasteiger partial charge in [0.05, 0.1) is 23.9 Å². The average molecular weight is 272 g/mol. The smallest absolute Gasteiger partial charge is 0.254 e. The number of aliphatic hydroxyl groups excluding tert-OH is 1. The lowest BCUT2D eigenvalue weighted by Gasteiger charge is -2.18. The first kappa shape index (κ1) is 12.7. The number of rotatable bonds is 2. The van der Waals surface area contributed by atoms with Crippen molar-refractivity contribution in [3.63, 3.8) is 0 Å². The number of halogens is 1. The fourth-order valence-electron chi connectivity index (χ4n) is 2.53. The number of aliphatic hydroxyl groups is 1. The zero-order chi connectivity index (χ0) is 14.1. The molecule has 0 radical (unpaired) electrons. The van der Waals surface area contributed by atoms with Crippen molar-refractivity contribution in [1.29, 1.82) is 0 Å². The molecule has 1 aromatic carbocycles. The number of benzene rings is 1. The van der Waals surface area contributed by atoms with E-state index in [1.54, 1.807) is 0 Å². The van der Waals surface area contributed by atoms with Crippen molar-refractivity contribution in [2.45, 2.75) is 18.6 Å². The van der Waals surface area contributed by atoms with Gasteiger partial charge < -0.3 is 10.4 Å². The summed E-state index contributed by atoms with van der Waals surface area (Å²) >= 11 is 0. The van der Waals surface area contributed by atoms with Gasteiger partial charge in [-0.1, -0.05) is 24.3 Å². The molecule has 5 heteroatoms. The Morgan fingerprint density at radius 1 is 1.35 bits per heavy atom. The van der Waals surface area contributed by atoms with E-state index in [1.807, 2.05) is 24.3 Å². The molecule has 2 atom stereocenters. The quantitative estimate of drug-likeness (QED) is 0.873. The van der Waals surface area contributed by atoms with Gasteiger partial charge in [-0.2, -0.15) is 0 Å². The van der Waals surface area contributed by atoms with Gasteiger partial charge in [0.15, 0.2) is 5.82 Å². The molecule has 3 rings (SSSR count). The van der Waals surface area contributed by atoms with E-state index >= 15 is 0 Å². The Hall–Kier alpha value is -2.27. The molecule has 1 aromatic heterocycles. The van der Waals surface area contributed by atoms with E-state index in [1.165, 1.54) is 12.3 Å². The summed E-state index contributed by atoms with van der Waals surface area (Å²) in [6.07, 6.45) is 2.14.